The fraction of sp³-hybridized carbons (Fsp3) is 0.500. The summed E-state index contributed by atoms with van der Waals surface area (Å²) in [5, 5.41) is 0. The molecule has 0 aliphatic rings. The number of furan rings is 1. The van der Waals surface area contributed by atoms with Gasteiger partial charge in [-0.1, -0.05) is 6.92 Å². The summed E-state index contributed by atoms with van der Waals surface area (Å²) in [6.07, 6.45) is 2.67. The first-order valence-electron chi connectivity index (χ1n) is 3.68. The third-order valence-corrected chi connectivity index (χ3v) is 2.09. The monoisotopic (exact) mass is 217 g/mol. The fourth-order valence-corrected chi connectivity index (χ4v) is 1.30. The van der Waals surface area contributed by atoms with E-state index in [-0.39, 0.29) is 0 Å². The van der Waals surface area contributed by atoms with Crippen molar-refractivity contribution < 1.29 is 4.42 Å². The quantitative estimate of drug-likeness (QED) is 0.846. The molecule has 0 aliphatic carbocycles. The molecule has 0 saturated carbocycles. The van der Waals surface area contributed by atoms with E-state index in [1.54, 1.807) is 6.26 Å². The van der Waals surface area contributed by atoms with Crippen LogP contribution in [0.15, 0.2) is 21.2 Å². The number of halogens is 1. The Morgan fingerprint density at radius 1 is 1.73 bits per heavy atom. The molecule has 0 spiro atoms. The van der Waals surface area contributed by atoms with Crippen LogP contribution in [-0.2, 0) is 0 Å². The minimum absolute atomic E-state index is 0.422. The van der Waals surface area contributed by atoms with Crippen LogP contribution in [0, 0.1) is 0 Å². The molecule has 0 saturated heterocycles. The molecule has 62 valence electrons. The van der Waals surface area contributed by atoms with E-state index in [9.17, 15) is 0 Å². The number of nitrogens with two attached hydrogens (primary N) is 1. The normalized spacial score (nSPS) is 13.4. The molecule has 0 radical (unpaired) electrons. The lowest BCUT2D eigenvalue weighted by Gasteiger charge is -2.04. The van der Waals surface area contributed by atoms with Gasteiger partial charge in [0.25, 0.3) is 0 Å². The van der Waals surface area contributed by atoms with Crippen molar-refractivity contribution in [2.75, 3.05) is 6.54 Å². The third kappa shape index (κ3) is 2.34. The van der Waals surface area contributed by atoms with Crippen LogP contribution in [0.5, 0.6) is 0 Å². The van der Waals surface area contributed by atoms with E-state index in [1.165, 1.54) is 0 Å². The summed E-state index contributed by atoms with van der Waals surface area (Å²) in [6.45, 7) is 2.82. The Morgan fingerprint density at radius 3 is 2.91 bits per heavy atom. The maximum Gasteiger partial charge on any atom is 0.107 e. The zero-order chi connectivity index (χ0) is 8.27. The summed E-state index contributed by atoms with van der Waals surface area (Å²) in [5.41, 5.74) is 5.42. The smallest absolute Gasteiger partial charge is 0.107 e. The van der Waals surface area contributed by atoms with Crippen molar-refractivity contribution in [3.05, 3.63) is 22.6 Å². The van der Waals surface area contributed by atoms with E-state index in [4.69, 9.17) is 10.2 Å². The van der Waals surface area contributed by atoms with Crippen molar-refractivity contribution in [1.29, 1.82) is 0 Å². The van der Waals surface area contributed by atoms with Crippen LogP contribution < -0.4 is 5.73 Å². The molecule has 0 fully saturated rings. The van der Waals surface area contributed by atoms with Crippen LogP contribution in [0.2, 0.25) is 0 Å². The second-order valence-electron chi connectivity index (χ2n) is 2.65. The van der Waals surface area contributed by atoms with Crippen molar-refractivity contribution >= 4 is 15.9 Å². The number of hydrogen-bond donors (Lipinski definition) is 1. The second-order valence-corrected chi connectivity index (χ2v) is 3.56. The van der Waals surface area contributed by atoms with Crippen LogP contribution in [0.4, 0.5) is 0 Å². The lowest BCUT2D eigenvalue weighted by molar-refractivity contribution is 0.463. The minimum atomic E-state index is 0.422. The summed E-state index contributed by atoms with van der Waals surface area (Å²) in [7, 11) is 0. The topological polar surface area (TPSA) is 39.2 Å². The van der Waals surface area contributed by atoms with Crippen LogP contribution in [0.3, 0.4) is 0 Å². The highest BCUT2D eigenvalue weighted by Gasteiger charge is 2.07. The highest BCUT2D eigenvalue weighted by molar-refractivity contribution is 9.10. The maximum absolute atomic E-state index is 5.42. The average Bonchev–Trinajstić information content (AvgIpc) is 2.36. The second kappa shape index (κ2) is 3.93. The predicted octanol–water partition coefficient (Wildman–Crippen LogP) is 2.49. The summed E-state index contributed by atoms with van der Waals surface area (Å²) in [5.74, 6) is 1.42. The highest BCUT2D eigenvalue weighted by atomic mass is 79.9. The van der Waals surface area contributed by atoms with E-state index < -0.39 is 0 Å². The lowest BCUT2D eigenvalue weighted by atomic mass is 10.1. The Hall–Kier alpha value is -0.280. The summed E-state index contributed by atoms with van der Waals surface area (Å²) >= 11 is 3.33. The van der Waals surface area contributed by atoms with E-state index in [0.29, 0.717) is 12.5 Å². The SMILES string of the molecule is CC(CCN)c1cc(Br)co1. The molecular weight excluding hydrogens is 206 g/mol. The standard InChI is InChI=1S/C8H12BrNO/c1-6(2-3-10)8-4-7(9)5-11-8/h4-6H,2-3,10H2,1H3. The molecule has 2 nitrogen and oxygen atoms in total. The first-order chi connectivity index (χ1) is 5.24. The summed E-state index contributed by atoms with van der Waals surface area (Å²) in [4.78, 5) is 0. The molecule has 1 rings (SSSR count). The van der Waals surface area contributed by atoms with E-state index >= 15 is 0 Å². The number of hydrogen-bond acceptors (Lipinski definition) is 2. The minimum Gasteiger partial charge on any atom is -0.468 e. The molecule has 0 amide bonds. The van der Waals surface area contributed by atoms with Gasteiger partial charge in [-0.25, -0.2) is 0 Å². The Labute approximate surface area is 74.9 Å². The van der Waals surface area contributed by atoms with Gasteiger partial charge in [0.2, 0.25) is 0 Å². The molecule has 3 heteroatoms. The van der Waals surface area contributed by atoms with Crippen LogP contribution in [0.25, 0.3) is 0 Å². The van der Waals surface area contributed by atoms with Gasteiger partial charge >= 0.3 is 0 Å². The molecule has 1 aromatic heterocycles. The Kier molecular flexibility index (Phi) is 3.15. The van der Waals surface area contributed by atoms with Gasteiger partial charge in [0.05, 0.1) is 4.47 Å². The zero-order valence-electron chi connectivity index (χ0n) is 6.51. The van der Waals surface area contributed by atoms with Crippen LogP contribution in [-0.4, -0.2) is 6.54 Å². The first kappa shape index (κ1) is 8.81. The van der Waals surface area contributed by atoms with Crippen molar-refractivity contribution in [2.24, 2.45) is 5.73 Å². The average molecular weight is 218 g/mol. The van der Waals surface area contributed by atoms with E-state index in [0.717, 1.165) is 16.7 Å². The Balaban J connectivity index is 2.60. The molecule has 2 N–H and O–H groups in total. The first-order valence-corrected chi connectivity index (χ1v) is 4.47. The molecule has 1 aromatic rings. The Morgan fingerprint density at radius 2 is 2.45 bits per heavy atom. The zero-order valence-corrected chi connectivity index (χ0v) is 8.10. The van der Waals surface area contributed by atoms with Crippen molar-refractivity contribution in [1.82, 2.24) is 0 Å². The Bertz CT molecular complexity index is 222. The van der Waals surface area contributed by atoms with Gasteiger partial charge in [0.1, 0.15) is 12.0 Å². The number of rotatable bonds is 3. The van der Waals surface area contributed by atoms with Gasteiger partial charge in [-0.15, -0.1) is 0 Å². The van der Waals surface area contributed by atoms with Gasteiger partial charge in [-0.05, 0) is 35.0 Å². The molecule has 1 heterocycles. The highest BCUT2D eigenvalue weighted by Crippen LogP contribution is 2.23. The van der Waals surface area contributed by atoms with Gasteiger partial charge < -0.3 is 10.2 Å². The van der Waals surface area contributed by atoms with Crippen molar-refractivity contribution in [3.8, 4) is 0 Å². The molecule has 11 heavy (non-hydrogen) atoms. The third-order valence-electron chi connectivity index (χ3n) is 1.67. The maximum atomic E-state index is 5.42. The van der Waals surface area contributed by atoms with Gasteiger partial charge in [-0.3, -0.25) is 0 Å². The predicted molar refractivity (Wildman–Crippen MR) is 48.5 cm³/mol. The molecule has 0 bridgehead atoms. The van der Waals surface area contributed by atoms with Crippen LogP contribution >= 0.6 is 15.9 Å². The molecule has 0 aliphatic heterocycles. The summed E-state index contributed by atoms with van der Waals surface area (Å²) in [6, 6.07) is 1.99. The van der Waals surface area contributed by atoms with Gasteiger partial charge in [0, 0.05) is 5.92 Å². The van der Waals surface area contributed by atoms with Crippen molar-refractivity contribution in [2.45, 2.75) is 19.3 Å². The molecular formula is C8H12BrNO. The van der Waals surface area contributed by atoms with E-state index in [1.807, 2.05) is 6.07 Å². The molecule has 1 unspecified atom stereocenters. The van der Waals surface area contributed by atoms with Gasteiger partial charge in [-0.2, -0.15) is 0 Å². The fourth-order valence-electron chi connectivity index (χ4n) is 0.979. The largest absolute Gasteiger partial charge is 0.468 e. The summed E-state index contributed by atoms with van der Waals surface area (Å²) < 4.78 is 6.27. The molecule has 0 aromatic carbocycles. The lowest BCUT2D eigenvalue weighted by Crippen LogP contribution is -2.03. The van der Waals surface area contributed by atoms with Crippen molar-refractivity contribution in [3.63, 3.8) is 0 Å². The van der Waals surface area contributed by atoms with Gasteiger partial charge in [0.15, 0.2) is 0 Å². The van der Waals surface area contributed by atoms with Crippen LogP contribution in [0.1, 0.15) is 25.0 Å². The molecule has 1 atom stereocenters. The van der Waals surface area contributed by atoms with E-state index in [2.05, 4.69) is 22.9 Å².